The van der Waals surface area contributed by atoms with Crippen molar-refractivity contribution in [3.63, 3.8) is 0 Å². The number of nitrogens with two attached hydrogens (primary N) is 1. The Kier molecular flexibility index (Phi) is 6.55. The first-order valence-corrected chi connectivity index (χ1v) is 4.90. The third-order valence-electron chi connectivity index (χ3n) is 2.03. The van der Waals surface area contributed by atoms with E-state index >= 15 is 0 Å². The van der Waals surface area contributed by atoms with Crippen molar-refractivity contribution in [2.45, 2.75) is 32.2 Å². The van der Waals surface area contributed by atoms with Crippen LogP contribution < -0.4 is 11.1 Å². The highest BCUT2D eigenvalue weighted by atomic mass is 19.3. The van der Waals surface area contributed by atoms with Crippen LogP contribution in [0.3, 0.4) is 0 Å². The largest absolute Gasteiger partial charge is 0.481 e. The van der Waals surface area contributed by atoms with Gasteiger partial charge < -0.3 is 16.2 Å². The van der Waals surface area contributed by atoms with E-state index in [0.717, 1.165) is 0 Å². The molecule has 0 saturated carbocycles. The summed E-state index contributed by atoms with van der Waals surface area (Å²) in [5, 5.41) is 10.9. The van der Waals surface area contributed by atoms with Gasteiger partial charge in [-0.2, -0.15) is 0 Å². The fourth-order valence-corrected chi connectivity index (χ4v) is 1.05. The highest BCUT2D eigenvalue weighted by molar-refractivity contribution is 5.80. The van der Waals surface area contributed by atoms with Crippen molar-refractivity contribution in [2.24, 2.45) is 11.7 Å². The quantitative estimate of drug-likeness (QED) is 0.552. The lowest BCUT2D eigenvalue weighted by molar-refractivity contribution is -0.147. The number of halogens is 2. The summed E-state index contributed by atoms with van der Waals surface area (Å²) >= 11 is 0. The fraction of sp³-hybridized carbons (Fsp3) is 0.778. The van der Waals surface area contributed by atoms with Crippen LogP contribution in [-0.4, -0.2) is 36.0 Å². The van der Waals surface area contributed by atoms with Crippen LogP contribution in [0, 0.1) is 5.92 Å². The molecule has 0 aliphatic rings. The molecule has 5 nitrogen and oxygen atoms in total. The van der Waals surface area contributed by atoms with Gasteiger partial charge in [-0.05, 0) is 19.8 Å². The summed E-state index contributed by atoms with van der Waals surface area (Å²) in [6.07, 6.45) is -2.88. The zero-order valence-electron chi connectivity index (χ0n) is 8.95. The SMILES string of the molecule is CC(N)C(=O)NCCCC(C(=O)O)C(F)F. The van der Waals surface area contributed by atoms with Crippen molar-refractivity contribution < 1.29 is 23.5 Å². The second-order valence-electron chi connectivity index (χ2n) is 3.50. The topological polar surface area (TPSA) is 92.4 Å². The molecule has 0 radical (unpaired) electrons. The summed E-state index contributed by atoms with van der Waals surface area (Å²) in [5.74, 6) is -3.58. The Labute approximate surface area is 92.0 Å². The molecule has 4 N–H and O–H groups in total. The summed E-state index contributed by atoms with van der Waals surface area (Å²) in [4.78, 5) is 21.3. The standard InChI is InChI=1S/C9H16F2N2O3/c1-5(12)8(14)13-4-2-3-6(7(10)11)9(15)16/h5-7H,2-4,12H2,1H3,(H,13,14)(H,15,16). The van der Waals surface area contributed by atoms with Crippen LogP contribution in [0.15, 0.2) is 0 Å². The Balaban J connectivity index is 3.80. The molecule has 94 valence electrons. The van der Waals surface area contributed by atoms with Crippen molar-refractivity contribution in [3.05, 3.63) is 0 Å². The van der Waals surface area contributed by atoms with E-state index in [4.69, 9.17) is 10.8 Å². The lowest BCUT2D eigenvalue weighted by Crippen LogP contribution is -2.38. The summed E-state index contributed by atoms with van der Waals surface area (Å²) in [7, 11) is 0. The lowest BCUT2D eigenvalue weighted by Gasteiger charge is -2.11. The van der Waals surface area contributed by atoms with Crippen molar-refractivity contribution in [2.75, 3.05) is 6.54 Å². The van der Waals surface area contributed by atoms with Crippen LogP contribution in [0.4, 0.5) is 8.78 Å². The summed E-state index contributed by atoms with van der Waals surface area (Å²) in [6.45, 7) is 1.64. The van der Waals surface area contributed by atoms with Gasteiger partial charge in [0.2, 0.25) is 5.91 Å². The average molecular weight is 238 g/mol. The Morgan fingerprint density at radius 2 is 2.00 bits per heavy atom. The maximum Gasteiger partial charge on any atom is 0.312 e. The van der Waals surface area contributed by atoms with Gasteiger partial charge in [0.05, 0.1) is 6.04 Å². The molecule has 2 atom stereocenters. The number of nitrogens with one attached hydrogen (secondary N) is 1. The zero-order chi connectivity index (χ0) is 12.7. The molecule has 0 fully saturated rings. The van der Waals surface area contributed by atoms with E-state index in [-0.39, 0.29) is 25.3 Å². The monoisotopic (exact) mass is 238 g/mol. The Morgan fingerprint density at radius 3 is 2.38 bits per heavy atom. The molecule has 0 rings (SSSR count). The summed E-state index contributed by atoms with van der Waals surface area (Å²) in [6, 6.07) is -0.662. The molecule has 0 aliphatic heterocycles. The first-order valence-electron chi connectivity index (χ1n) is 4.90. The minimum atomic E-state index is -2.89. The van der Waals surface area contributed by atoms with Crippen molar-refractivity contribution in [1.82, 2.24) is 5.32 Å². The van der Waals surface area contributed by atoms with Crippen LogP contribution >= 0.6 is 0 Å². The summed E-state index contributed by atoms with van der Waals surface area (Å²) in [5.41, 5.74) is 5.25. The zero-order valence-corrected chi connectivity index (χ0v) is 8.95. The van der Waals surface area contributed by atoms with Crippen LogP contribution in [0.1, 0.15) is 19.8 Å². The van der Waals surface area contributed by atoms with Gasteiger partial charge in [-0.25, -0.2) is 8.78 Å². The van der Waals surface area contributed by atoms with E-state index in [2.05, 4.69) is 5.32 Å². The van der Waals surface area contributed by atoms with Gasteiger partial charge in [-0.3, -0.25) is 9.59 Å². The molecule has 0 saturated heterocycles. The smallest absolute Gasteiger partial charge is 0.312 e. The Bertz CT molecular complexity index is 247. The number of carbonyl (C=O) groups excluding carboxylic acids is 1. The highest BCUT2D eigenvalue weighted by Gasteiger charge is 2.27. The number of hydrogen-bond donors (Lipinski definition) is 3. The number of aliphatic carboxylic acids is 1. The molecule has 2 unspecified atom stereocenters. The molecule has 0 aromatic rings. The van der Waals surface area contributed by atoms with Gasteiger partial charge in [-0.1, -0.05) is 0 Å². The minimum Gasteiger partial charge on any atom is -0.481 e. The molecular formula is C9H16F2N2O3. The number of alkyl halides is 2. The van der Waals surface area contributed by atoms with Gasteiger partial charge in [0.25, 0.3) is 6.43 Å². The average Bonchev–Trinajstić information content (AvgIpc) is 2.15. The van der Waals surface area contributed by atoms with Crippen molar-refractivity contribution in [3.8, 4) is 0 Å². The highest BCUT2D eigenvalue weighted by Crippen LogP contribution is 2.15. The molecule has 16 heavy (non-hydrogen) atoms. The molecule has 0 aromatic heterocycles. The first kappa shape index (κ1) is 14.8. The molecule has 0 aromatic carbocycles. The number of amides is 1. The predicted octanol–water partition coefficient (Wildman–Crippen LogP) is 0.196. The van der Waals surface area contributed by atoms with Gasteiger partial charge in [0.1, 0.15) is 5.92 Å². The third kappa shape index (κ3) is 5.59. The number of carbonyl (C=O) groups is 2. The molecular weight excluding hydrogens is 222 g/mol. The maximum absolute atomic E-state index is 12.2. The van der Waals surface area contributed by atoms with E-state index < -0.39 is 24.4 Å². The Morgan fingerprint density at radius 1 is 1.44 bits per heavy atom. The van der Waals surface area contributed by atoms with E-state index in [9.17, 15) is 18.4 Å². The molecule has 0 bridgehead atoms. The van der Waals surface area contributed by atoms with Gasteiger partial charge in [0, 0.05) is 6.54 Å². The van der Waals surface area contributed by atoms with Crippen molar-refractivity contribution >= 4 is 11.9 Å². The molecule has 0 spiro atoms. The van der Waals surface area contributed by atoms with E-state index in [1.165, 1.54) is 6.92 Å². The normalized spacial score (nSPS) is 14.6. The van der Waals surface area contributed by atoms with Crippen LogP contribution in [0.2, 0.25) is 0 Å². The Hall–Kier alpha value is -1.24. The number of rotatable bonds is 7. The second kappa shape index (κ2) is 7.10. The minimum absolute atomic E-state index is 0.150. The van der Waals surface area contributed by atoms with Crippen LogP contribution in [0.25, 0.3) is 0 Å². The number of carboxylic acid groups (broad SMARTS) is 1. The first-order chi connectivity index (χ1) is 7.36. The second-order valence-corrected chi connectivity index (χ2v) is 3.50. The predicted molar refractivity (Wildman–Crippen MR) is 53.0 cm³/mol. The molecule has 1 amide bonds. The van der Waals surface area contributed by atoms with E-state index in [0.29, 0.717) is 0 Å². The molecule has 0 heterocycles. The van der Waals surface area contributed by atoms with E-state index in [1.807, 2.05) is 0 Å². The number of carboxylic acids is 1. The molecule has 0 aliphatic carbocycles. The molecule has 7 heteroatoms. The van der Waals surface area contributed by atoms with Crippen molar-refractivity contribution in [1.29, 1.82) is 0 Å². The van der Waals surface area contributed by atoms with Gasteiger partial charge in [0.15, 0.2) is 0 Å². The summed E-state index contributed by atoms with van der Waals surface area (Å²) < 4.78 is 24.4. The number of hydrogen-bond acceptors (Lipinski definition) is 3. The fourth-order valence-electron chi connectivity index (χ4n) is 1.05. The van der Waals surface area contributed by atoms with Crippen LogP contribution in [0.5, 0.6) is 0 Å². The van der Waals surface area contributed by atoms with Gasteiger partial charge >= 0.3 is 5.97 Å². The maximum atomic E-state index is 12.2. The third-order valence-corrected chi connectivity index (χ3v) is 2.03. The van der Waals surface area contributed by atoms with E-state index in [1.54, 1.807) is 0 Å². The van der Waals surface area contributed by atoms with Crippen LogP contribution in [-0.2, 0) is 9.59 Å². The lowest BCUT2D eigenvalue weighted by atomic mass is 10.0. The van der Waals surface area contributed by atoms with Gasteiger partial charge in [-0.15, -0.1) is 0 Å².